The molecule has 1 atom stereocenters. The Morgan fingerprint density at radius 1 is 1.50 bits per heavy atom. The lowest BCUT2D eigenvalue weighted by molar-refractivity contribution is 0.402. The van der Waals surface area contributed by atoms with Crippen molar-refractivity contribution in [1.29, 1.82) is 0 Å². The largest absolute Gasteiger partial charge is 0.316 e. The lowest BCUT2D eigenvalue weighted by atomic mass is 10.1. The Hall–Kier alpha value is -0.830. The van der Waals surface area contributed by atoms with Gasteiger partial charge in [-0.25, -0.2) is 4.98 Å². The molecule has 0 amide bonds. The number of rotatable bonds is 1. The van der Waals surface area contributed by atoms with Gasteiger partial charge in [0.05, 0.1) is 11.9 Å². The molecule has 2 rings (SSSR count). The summed E-state index contributed by atoms with van der Waals surface area (Å²) >= 11 is 0. The first kappa shape index (κ1) is 9.71. The Kier molecular flexibility index (Phi) is 2.35. The summed E-state index contributed by atoms with van der Waals surface area (Å²) in [5.74, 6) is 1.69. The fraction of sp³-hybridized carbons (Fsp3) is 0.727. The van der Waals surface area contributed by atoms with Crippen molar-refractivity contribution < 1.29 is 0 Å². The summed E-state index contributed by atoms with van der Waals surface area (Å²) in [5.41, 5.74) is 8.57. The Balaban J connectivity index is 2.49. The van der Waals surface area contributed by atoms with Gasteiger partial charge in [-0.15, -0.1) is 0 Å². The van der Waals surface area contributed by atoms with Gasteiger partial charge in [0.2, 0.25) is 0 Å². The lowest BCUT2D eigenvalue weighted by Crippen LogP contribution is -2.25. The number of nitrogens with two attached hydrogens (primary N) is 1. The summed E-state index contributed by atoms with van der Waals surface area (Å²) in [6.07, 6.45) is 3.50. The second kappa shape index (κ2) is 3.39. The molecule has 0 aromatic carbocycles. The molecule has 0 spiro atoms. The molecule has 0 saturated heterocycles. The van der Waals surface area contributed by atoms with Crippen molar-refractivity contribution in [1.82, 2.24) is 9.55 Å². The zero-order chi connectivity index (χ0) is 10.3. The molecule has 2 heterocycles. The average molecular weight is 193 g/mol. The van der Waals surface area contributed by atoms with Crippen molar-refractivity contribution in [2.45, 2.75) is 52.1 Å². The van der Waals surface area contributed by atoms with Gasteiger partial charge >= 0.3 is 0 Å². The van der Waals surface area contributed by atoms with Crippen LogP contribution in [0.15, 0.2) is 0 Å². The fourth-order valence-corrected chi connectivity index (χ4v) is 2.35. The molecule has 2 N–H and O–H groups in total. The number of hydrogen-bond acceptors (Lipinski definition) is 2. The van der Waals surface area contributed by atoms with Crippen LogP contribution in [0.25, 0.3) is 0 Å². The summed E-state index contributed by atoms with van der Waals surface area (Å²) in [5, 5.41) is 0. The smallest absolute Gasteiger partial charge is 0.110 e. The van der Waals surface area contributed by atoms with Gasteiger partial charge in [-0.2, -0.15) is 0 Å². The number of aryl methyl sites for hydroxylation is 1. The molecule has 0 fully saturated rings. The van der Waals surface area contributed by atoms with Crippen LogP contribution in [0.1, 0.15) is 56.0 Å². The highest BCUT2D eigenvalue weighted by Crippen LogP contribution is 2.27. The molecule has 14 heavy (non-hydrogen) atoms. The molecular weight excluding hydrogens is 174 g/mol. The normalized spacial score (nSPS) is 21.4. The van der Waals surface area contributed by atoms with Gasteiger partial charge in [-0.1, -0.05) is 13.8 Å². The van der Waals surface area contributed by atoms with Gasteiger partial charge in [-0.3, -0.25) is 0 Å². The molecule has 1 aliphatic rings. The van der Waals surface area contributed by atoms with E-state index < -0.39 is 0 Å². The van der Waals surface area contributed by atoms with Crippen LogP contribution in [0.4, 0.5) is 0 Å². The highest BCUT2D eigenvalue weighted by atomic mass is 15.2. The highest BCUT2D eigenvalue weighted by Gasteiger charge is 2.22. The minimum Gasteiger partial charge on any atom is -0.316 e. The first-order valence-electron chi connectivity index (χ1n) is 5.44. The Morgan fingerprint density at radius 3 is 2.79 bits per heavy atom. The van der Waals surface area contributed by atoms with Crippen LogP contribution < -0.4 is 5.73 Å². The van der Waals surface area contributed by atoms with E-state index in [1.807, 2.05) is 0 Å². The van der Waals surface area contributed by atoms with Crippen molar-refractivity contribution in [2.24, 2.45) is 5.73 Å². The number of nitrogens with zero attached hydrogens (tertiary/aromatic N) is 2. The molecular formula is C11H19N3. The minimum absolute atomic E-state index is 0.152. The van der Waals surface area contributed by atoms with E-state index in [0.717, 1.165) is 12.8 Å². The Labute approximate surface area is 85.3 Å². The maximum absolute atomic E-state index is 6.08. The Bertz CT molecular complexity index is 339. The SMILES string of the molecule is Cc1c(C(C)C)nc2n1C(N)CCC2. The summed E-state index contributed by atoms with van der Waals surface area (Å²) in [7, 11) is 0. The third-order valence-corrected chi connectivity index (χ3v) is 3.04. The molecule has 0 bridgehead atoms. The predicted octanol–water partition coefficient (Wildman–Crippen LogP) is 2.11. The highest BCUT2D eigenvalue weighted by molar-refractivity contribution is 5.21. The molecule has 3 heteroatoms. The van der Waals surface area contributed by atoms with Gasteiger partial charge < -0.3 is 10.3 Å². The first-order chi connectivity index (χ1) is 6.61. The molecule has 0 aliphatic carbocycles. The van der Waals surface area contributed by atoms with E-state index in [4.69, 9.17) is 5.73 Å². The minimum atomic E-state index is 0.152. The Morgan fingerprint density at radius 2 is 2.21 bits per heavy atom. The summed E-state index contributed by atoms with van der Waals surface area (Å²) in [6.45, 7) is 6.51. The molecule has 0 radical (unpaired) electrons. The molecule has 78 valence electrons. The fourth-order valence-electron chi connectivity index (χ4n) is 2.35. The van der Waals surface area contributed by atoms with Crippen LogP contribution in [0.3, 0.4) is 0 Å². The summed E-state index contributed by atoms with van der Waals surface area (Å²) in [6, 6.07) is 0. The number of imidazole rings is 1. The van der Waals surface area contributed by atoms with Gasteiger partial charge in [0.25, 0.3) is 0 Å². The quantitative estimate of drug-likeness (QED) is 0.742. The maximum Gasteiger partial charge on any atom is 0.110 e. The zero-order valence-corrected chi connectivity index (χ0v) is 9.25. The molecule has 1 aliphatic heterocycles. The monoisotopic (exact) mass is 193 g/mol. The van der Waals surface area contributed by atoms with Crippen LogP contribution in [0.2, 0.25) is 0 Å². The average Bonchev–Trinajstić information content (AvgIpc) is 2.45. The number of hydrogen-bond donors (Lipinski definition) is 1. The van der Waals surface area contributed by atoms with Gasteiger partial charge in [0, 0.05) is 12.1 Å². The first-order valence-corrected chi connectivity index (χ1v) is 5.44. The summed E-state index contributed by atoms with van der Waals surface area (Å²) in [4.78, 5) is 4.68. The van der Waals surface area contributed by atoms with E-state index in [-0.39, 0.29) is 6.17 Å². The number of aromatic nitrogens is 2. The van der Waals surface area contributed by atoms with Gasteiger partial charge in [0.1, 0.15) is 5.82 Å². The van der Waals surface area contributed by atoms with Crippen LogP contribution in [-0.4, -0.2) is 9.55 Å². The maximum atomic E-state index is 6.08. The molecule has 1 aromatic rings. The van der Waals surface area contributed by atoms with Crippen LogP contribution >= 0.6 is 0 Å². The third kappa shape index (κ3) is 1.36. The predicted molar refractivity (Wildman–Crippen MR) is 57.2 cm³/mol. The number of fused-ring (bicyclic) bond motifs is 1. The van der Waals surface area contributed by atoms with Crippen LogP contribution in [0.5, 0.6) is 0 Å². The van der Waals surface area contributed by atoms with Crippen molar-refractivity contribution in [3.63, 3.8) is 0 Å². The summed E-state index contributed by atoms with van der Waals surface area (Å²) < 4.78 is 2.22. The van der Waals surface area contributed by atoms with E-state index in [1.165, 1.54) is 23.6 Å². The topological polar surface area (TPSA) is 43.8 Å². The molecule has 1 unspecified atom stereocenters. The van der Waals surface area contributed by atoms with Crippen LogP contribution in [-0.2, 0) is 6.42 Å². The van der Waals surface area contributed by atoms with Gasteiger partial charge in [-0.05, 0) is 25.7 Å². The van der Waals surface area contributed by atoms with Crippen molar-refractivity contribution in [2.75, 3.05) is 0 Å². The molecule has 0 saturated carbocycles. The van der Waals surface area contributed by atoms with E-state index in [2.05, 4.69) is 30.3 Å². The van der Waals surface area contributed by atoms with E-state index in [0.29, 0.717) is 5.92 Å². The van der Waals surface area contributed by atoms with Gasteiger partial charge in [0.15, 0.2) is 0 Å². The van der Waals surface area contributed by atoms with E-state index in [9.17, 15) is 0 Å². The second-order valence-electron chi connectivity index (χ2n) is 4.48. The van der Waals surface area contributed by atoms with E-state index in [1.54, 1.807) is 0 Å². The van der Waals surface area contributed by atoms with Crippen molar-refractivity contribution >= 4 is 0 Å². The van der Waals surface area contributed by atoms with Crippen molar-refractivity contribution in [3.8, 4) is 0 Å². The lowest BCUT2D eigenvalue weighted by Gasteiger charge is -2.22. The zero-order valence-electron chi connectivity index (χ0n) is 9.25. The molecule has 3 nitrogen and oxygen atoms in total. The van der Waals surface area contributed by atoms with E-state index >= 15 is 0 Å². The van der Waals surface area contributed by atoms with Crippen LogP contribution in [0, 0.1) is 6.92 Å². The molecule has 1 aromatic heterocycles. The van der Waals surface area contributed by atoms with Crippen molar-refractivity contribution in [3.05, 3.63) is 17.2 Å². The second-order valence-corrected chi connectivity index (χ2v) is 4.48. The third-order valence-electron chi connectivity index (χ3n) is 3.04. The standard InChI is InChI=1S/C11H19N3/c1-7(2)11-8(3)14-9(12)5-4-6-10(14)13-11/h7,9H,4-6,12H2,1-3H3.